The summed E-state index contributed by atoms with van der Waals surface area (Å²) >= 11 is 1.87. The van der Waals surface area contributed by atoms with E-state index in [2.05, 4.69) is 228 Å². The van der Waals surface area contributed by atoms with E-state index in [9.17, 15) is 0 Å². The highest BCUT2D eigenvalue weighted by Crippen LogP contribution is 2.45. The van der Waals surface area contributed by atoms with Gasteiger partial charge in [0, 0.05) is 53.7 Å². The van der Waals surface area contributed by atoms with Crippen molar-refractivity contribution in [1.82, 2.24) is 4.57 Å². The van der Waals surface area contributed by atoms with Gasteiger partial charge in [0.2, 0.25) is 0 Å². The highest BCUT2D eigenvalue weighted by molar-refractivity contribution is 7.26. The van der Waals surface area contributed by atoms with Crippen molar-refractivity contribution in [3.05, 3.63) is 218 Å². The first kappa shape index (κ1) is 33.7. The number of hydrogen-bond donors (Lipinski definition) is 0. The zero-order valence-corrected chi connectivity index (χ0v) is 32.9. The standard InChI is InChI=1S/C56H36N2S/c1-3-12-37(13-4-1)38-24-27-43(28-25-38)57(44-29-32-53-50(35-44)49-18-9-10-20-52(49)58(53)42-15-5-2-6-16-42)45-30-33-54-51(36-45)56-48(19-11-21-55(56)59-54)41-26-31-47-40(34-41)23-22-39-14-7-8-17-46(39)47/h1-36H. The fourth-order valence-electron chi connectivity index (χ4n) is 9.21. The first-order valence-electron chi connectivity index (χ1n) is 20.2. The Morgan fingerprint density at radius 2 is 0.966 bits per heavy atom. The monoisotopic (exact) mass is 768 g/mol. The van der Waals surface area contributed by atoms with Gasteiger partial charge >= 0.3 is 0 Å². The Labute approximate surface area is 346 Å². The Hall–Kier alpha value is -7.46. The SMILES string of the molecule is c1ccc(-c2ccc(N(c3ccc4sc5cccc(-c6ccc7c(ccc8ccccc87)c6)c5c4c3)c3ccc4c(c3)c3ccccc3n4-c3ccccc3)cc2)cc1. The molecule has 0 bridgehead atoms. The molecule has 10 aromatic carbocycles. The molecule has 0 saturated carbocycles. The highest BCUT2D eigenvalue weighted by Gasteiger charge is 2.20. The van der Waals surface area contributed by atoms with Gasteiger partial charge in [-0.05, 0) is 123 Å². The number of thiophene rings is 1. The van der Waals surface area contributed by atoms with E-state index in [0.717, 1.165) is 22.7 Å². The number of anilines is 3. The number of hydrogen-bond acceptors (Lipinski definition) is 2. The largest absolute Gasteiger partial charge is 0.310 e. The van der Waals surface area contributed by atoms with Gasteiger partial charge in [-0.2, -0.15) is 0 Å². The fraction of sp³-hybridized carbons (Fsp3) is 0. The summed E-state index contributed by atoms with van der Waals surface area (Å²) in [5.41, 5.74) is 11.8. The Bertz CT molecular complexity index is 3540. The maximum absolute atomic E-state index is 2.43. The van der Waals surface area contributed by atoms with Gasteiger partial charge in [-0.25, -0.2) is 0 Å². The van der Waals surface area contributed by atoms with E-state index in [4.69, 9.17) is 0 Å². The summed E-state index contributed by atoms with van der Waals surface area (Å²) in [5, 5.41) is 10.1. The minimum absolute atomic E-state index is 1.11. The van der Waals surface area contributed by atoms with Crippen molar-refractivity contribution in [2.24, 2.45) is 0 Å². The summed E-state index contributed by atoms with van der Waals surface area (Å²) in [4.78, 5) is 2.43. The molecule has 0 aliphatic heterocycles. The minimum Gasteiger partial charge on any atom is -0.310 e. The maximum Gasteiger partial charge on any atom is 0.0542 e. The van der Waals surface area contributed by atoms with Crippen LogP contribution < -0.4 is 4.90 Å². The molecule has 0 aliphatic carbocycles. The van der Waals surface area contributed by atoms with Crippen LogP contribution in [0.1, 0.15) is 0 Å². The molecule has 2 nitrogen and oxygen atoms in total. The second-order valence-electron chi connectivity index (χ2n) is 15.3. The molecule has 0 atom stereocenters. The van der Waals surface area contributed by atoms with Crippen LogP contribution in [0.25, 0.3) is 91.5 Å². The Kier molecular flexibility index (Phi) is 7.75. The Morgan fingerprint density at radius 3 is 1.81 bits per heavy atom. The average Bonchev–Trinajstić information content (AvgIpc) is 3.85. The van der Waals surface area contributed by atoms with Crippen LogP contribution in [0.4, 0.5) is 17.1 Å². The predicted octanol–water partition coefficient (Wildman–Crippen LogP) is 16.3. The molecule has 2 heterocycles. The second-order valence-corrected chi connectivity index (χ2v) is 16.4. The zero-order valence-electron chi connectivity index (χ0n) is 32.1. The van der Waals surface area contributed by atoms with Gasteiger partial charge in [-0.15, -0.1) is 11.3 Å². The molecular formula is C56H36N2S. The molecular weight excluding hydrogens is 733 g/mol. The summed E-state index contributed by atoms with van der Waals surface area (Å²) in [6.45, 7) is 0. The van der Waals surface area contributed by atoms with E-state index in [1.165, 1.54) is 85.8 Å². The predicted molar refractivity (Wildman–Crippen MR) is 254 cm³/mol. The van der Waals surface area contributed by atoms with E-state index >= 15 is 0 Å². The van der Waals surface area contributed by atoms with E-state index < -0.39 is 0 Å². The van der Waals surface area contributed by atoms with Gasteiger partial charge in [-0.1, -0.05) is 140 Å². The minimum atomic E-state index is 1.11. The number of para-hydroxylation sites is 2. The number of rotatable bonds is 6. The molecule has 0 amide bonds. The lowest BCUT2D eigenvalue weighted by Crippen LogP contribution is -2.09. The molecule has 12 rings (SSSR count). The Morgan fingerprint density at radius 1 is 0.339 bits per heavy atom. The van der Waals surface area contributed by atoms with Gasteiger partial charge < -0.3 is 9.47 Å². The quantitative estimate of drug-likeness (QED) is 0.153. The maximum atomic E-state index is 2.43. The van der Waals surface area contributed by atoms with Gasteiger partial charge in [0.15, 0.2) is 0 Å². The van der Waals surface area contributed by atoms with Crippen molar-refractivity contribution in [3.63, 3.8) is 0 Å². The summed E-state index contributed by atoms with van der Waals surface area (Å²) in [6.07, 6.45) is 0. The summed E-state index contributed by atoms with van der Waals surface area (Å²) < 4.78 is 4.96. The van der Waals surface area contributed by atoms with Gasteiger partial charge in [0.25, 0.3) is 0 Å². The molecule has 0 fully saturated rings. The molecule has 59 heavy (non-hydrogen) atoms. The van der Waals surface area contributed by atoms with Gasteiger partial charge in [0.05, 0.1) is 11.0 Å². The summed E-state index contributed by atoms with van der Waals surface area (Å²) in [5.74, 6) is 0. The third-order valence-corrected chi connectivity index (χ3v) is 13.1. The molecule has 0 saturated heterocycles. The third kappa shape index (κ3) is 5.55. The zero-order chi connectivity index (χ0) is 38.9. The molecule has 12 aromatic rings. The van der Waals surface area contributed by atoms with Gasteiger partial charge in [-0.3, -0.25) is 0 Å². The molecule has 3 heteroatoms. The lowest BCUT2D eigenvalue weighted by Gasteiger charge is -2.26. The number of aromatic nitrogens is 1. The van der Waals surface area contributed by atoms with Crippen LogP contribution in [0, 0.1) is 0 Å². The highest BCUT2D eigenvalue weighted by atomic mass is 32.1. The van der Waals surface area contributed by atoms with Crippen molar-refractivity contribution >= 4 is 91.9 Å². The summed E-state index contributed by atoms with van der Waals surface area (Å²) in [6, 6.07) is 80.0. The molecule has 0 unspecified atom stereocenters. The van der Waals surface area contributed by atoms with E-state index in [0.29, 0.717) is 0 Å². The van der Waals surface area contributed by atoms with Crippen LogP contribution in [-0.2, 0) is 0 Å². The molecule has 0 radical (unpaired) electrons. The first-order chi connectivity index (χ1) is 29.2. The number of nitrogens with zero attached hydrogens (tertiary/aromatic N) is 2. The fourth-order valence-corrected chi connectivity index (χ4v) is 10.3. The third-order valence-electron chi connectivity index (χ3n) is 12.0. The number of fused-ring (bicyclic) bond motifs is 9. The van der Waals surface area contributed by atoms with Crippen molar-refractivity contribution in [2.45, 2.75) is 0 Å². The number of benzene rings is 10. The smallest absolute Gasteiger partial charge is 0.0542 e. The molecule has 0 spiro atoms. The van der Waals surface area contributed by atoms with Crippen LogP contribution in [0.3, 0.4) is 0 Å². The molecule has 276 valence electrons. The summed E-state index contributed by atoms with van der Waals surface area (Å²) in [7, 11) is 0. The average molecular weight is 769 g/mol. The van der Waals surface area contributed by atoms with Crippen LogP contribution in [0.15, 0.2) is 218 Å². The lowest BCUT2D eigenvalue weighted by molar-refractivity contribution is 1.18. The van der Waals surface area contributed by atoms with Crippen LogP contribution in [-0.4, -0.2) is 4.57 Å². The van der Waals surface area contributed by atoms with Crippen molar-refractivity contribution in [2.75, 3.05) is 4.90 Å². The van der Waals surface area contributed by atoms with Crippen LogP contribution >= 0.6 is 11.3 Å². The molecule has 0 aliphatic rings. The van der Waals surface area contributed by atoms with Crippen LogP contribution in [0.5, 0.6) is 0 Å². The lowest BCUT2D eigenvalue weighted by atomic mass is 9.95. The van der Waals surface area contributed by atoms with E-state index in [1.807, 2.05) is 11.3 Å². The molecule has 2 aromatic heterocycles. The van der Waals surface area contributed by atoms with Crippen molar-refractivity contribution < 1.29 is 0 Å². The second kappa shape index (κ2) is 13.6. The topological polar surface area (TPSA) is 8.17 Å². The molecule has 0 N–H and O–H groups in total. The van der Waals surface area contributed by atoms with Gasteiger partial charge in [0.1, 0.15) is 0 Å². The van der Waals surface area contributed by atoms with E-state index in [-0.39, 0.29) is 0 Å². The Balaban J connectivity index is 1.05. The van der Waals surface area contributed by atoms with Crippen molar-refractivity contribution in [3.8, 4) is 27.9 Å². The first-order valence-corrected chi connectivity index (χ1v) is 21.0. The van der Waals surface area contributed by atoms with Crippen molar-refractivity contribution in [1.29, 1.82) is 0 Å². The van der Waals surface area contributed by atoms with E-state index in [1.54, 1.807) is 0 Å². The van der Waals surface area contributed by atoms with Crippen LogP contribution in [0.2, 0.25) is 0 Å². The normalized spacial score (nSPS) is 11.7.